The lowest BCUT2D eigenvalue weighted by Crippen LogP contribution is -2.14. The van der Waals surface area contributed by atoms with Gasteiger partial charge in [0.1, 0.15) is 16.7 Å². The summed E-state index contributed by atoms with van der Waals surface area (Å²) in [4.78, 5) is 24.4. The summed E-state index contributed by atoms with van der Waals surface area (Å²) in [5.41, 5.74) is 2.34. The fourth-order valence-corrected chi connectivity index (χ4v) is 2.99. The molecule has 3 aromatic rings. The Morgan fingerprint density at radius 2 is 2.00 bits per heavy atom. The maximum Gasteiger partial charge on any atom is 0.276 e. The molecule has 8 heteroatoms. The molecule has 0 unspecified atom stereocenters. The van der Waals surface area contributed by atoms with Gasteiger partial charge in [0.05, 0.1) is 11.9 Å². The van der Waals surface area contributed by atoms with E-state index in [2.05, 4.69) is 20.3 Å². The summed E-state index contributed by atoms with van der Waals surface area (Å²) in [6.07, 6.45) is 1.05. The highest BCUT2D eigenvalue weighted by molar-refractivity contribution is 7.13. The summed E-state index contributed by atoms with van der Waals surface area (Å²) < 4.78 is 14.0. The molecule has 3 heterocycles. The molecular formula is C16H12ClFN4OS. The van der Waals surface area contributed by atoms with Crippen molar-refractivity contribution in [3.8, 4) is 11.1 Å². The molecule has 0 bridgehead atoms. The number of anilines is 1. The van der Waals surface area contributed by atoms with Crippen LogP contribution < -0.4 is 5.32 Å². The smallest absolute Gasteiger partial charge is 0.276 e. The van der Waals surface area contributed by atoms with Crippen LogP contribution >= 0.6 is 22.9 Å². The van der Waals surface area contributed by atoms with Crippen molar-refractivity contribution in [2.24, 2.45) is 0 Å². The normalized spacial score (nSPS) is 10.7. The van der Waals surface area contributed by atoms with Crippen LogP contribution in [-0.4, -0.2) is 20.9 Å². The molecule has 0 saturated carbocycles. The molecule has 1 amide bonds. The van der Waals surface area contributed by atoms with Gasteiger partial charge in [0.2, 0.25) is 0 Å². The second-order valence-corrected chi connectivity index (χ2v) is 6.36. The standard InChI is InChI=1S/C16H12ClFN4OS/c1-8-3-10(11-5-14(17)19-6-12(11)18)4-13(20-8)15(23)22-16-21-9(2)7-24-16/h3-7H,1-2H3,(H,21,22,23). The lowest BCUT2D eigenvalue weighted by molar-refractivity contribution is 0.102. The van der Waals surface area contributed by atoms with Gasteiger partial charge < -0.3 is 0 Å². The molecule has 1 N–H and O–H groups in total. The Kier molecular flexibility index (Phi) is 4.55. The van der Waals surface area contributed by atoms with Crippen molar-refractivity contribution >= 4 is 34.0 Å². The lowest BCUT2D eigenvalue weighted by atomic mass is 10.1. The maximum atomic E-state index is 14.0. The minimum absolute atomic E-state index is 0.171. The number of carbonyl (C=O) groups is 1. The number of nitrogens with one attached hydrogen (secondary N) is 1. The number of nitrogens with zero attached hydrogens (tertiary/aromatic N) is 3. The molecule has 5 nitrogen and oxygen atoms in total. The molecule has 0 aliphatic rings. The van der Waals surface area contributed by atoms with Crippen LogP contribution in [0, 0.1) is 19.7 Å². The highest BCUT2D eigenvalue weighted by Gasteiger charge is 2.14. The monoisotopic (exact) mass is 362 g/mol. The van der Waals surface area contributed by atoms with Crippen molar-refractivity contribution in [1.29, 1.82) is 0 Å². The van der Waals surface area contributed by atoms with Gasteiger partial charge in [0.25, 0.3) is 5.91 Å². The third-order valence-corrected chi connectivity index (χ3v) is 4.24. The number of carbonyl (C=O) groups excluding carboxylic acids is 1. The molecule has 3 aromatic heterocycles. The van der Waals surface area contributed by atoms with Crippen LogP contribution in [0.3, 0.4) is 0 Å². The van der Waals surface area contributed by atoms with Crippen LogP contribution in [0.25, 0.3) is 11.1 Å². The number of rotatable bonds is 3. The zero-order chi connectivity index (χ0) is 17.3. The fourth-order valence-electron chi connectivity index (χ4n) is 2.15. The minimum Gasteiger partial charge on any atom is -0.296 e. The van der Waals surface area contributed by atoms with Gasteiger partial charge in [-0.2, -0.15) is 0 Å². The average Bonchev–Trinajstić information content (AvgIpc) is 2.94. The molecule has 0 saturated heterocycles. The van der Waals surface area contributed by atoms with Gasteiger partial charge in [0, 0.05) is 16.6 Å². The maximum absolute atomic E-state index is 14.0. The highest BCUT2D eigenvalue weighted by Crippen LogP contribution is 2.26. The van der Waals surface area contributed by atoms with Crippen LogP contribution in [-0.2, 0) is 0 Å². The molecule has 0 radical (unpaired) electrons. The zero-order valence-electron chi connectivity index (χ0n) is 12.8. The third-order valence-electron chi connectivity index (χ3n) is 3.16. The highest BCUT2D eigenvalue weighted by atomic mass is 35.5. The number of aromatic nitrogens is 3. The Hall–Kier alpha value is -2.38. The largest absolute Gasteiger partial charge is 0.296 e. The van der Waals surface area contributed by atoms with Crippen molar-refractivity contribution in [3.63, 3.8) is 0 Å². The predicted molar refractivity (Wildman–Crippen MR) is 92.0 cm³/mol. The van der Waals surface area contributed by atoms with E-state index in [1.165, 1.54) is 23.5 Å². The SMILES string of the molecule is Cc1cc(-c2cc(Cl)ncc2F)cc(C(=O)Nc2nc(C)cs2)n1. The van der Waals surface area contributed by atoms with Crippen molar-refractivity contribution in [2.45, 2.75) is 13.8 Å². The average molecular weight is 363 g/mol. The van der Waals surface area contributed by atoms with Crippen molar-refractivity contribution in [1.82, 2.24) is 15.0 Å². The number of hydrogen-bond donors (Lipinski definition) is 1. The second kappa shape index (κ2) is 6.62. The molecule has 0 fully saturated rings. The lowest BCUT2D eigenvalue weighted by Gasteiger charge is -2.08. The van der Waals surface area contributed by atoms with E-state index in [1.54, 1.807) is 13.0 Å². The summed E-state index contributed by atoms with van der Waals surface area (Å²) in [6.45, 7) is 3.57. The molecule has 0 spiro atoms. The van der Waals surface area contributed by atoms with Gasteiger partial charge in [-0.3, -0.25) is 10.1 Å². The van der Waals surface area contributed by atoms with Crippen molar-refractivity contribution in [2.75, 3.05) is 5.32 Å². The van der Waals surface area contributed by atoms with E-state index in [9.17, 15) is 9.18 Å². The van der Waals surface area contributed by atoms with Gasteiger partial charge in [-0.25, -0.2) is 19.3 Å². The van der Waals surface area contributed by atoms with E-state index in [1.807, 2.05) is 12.3 Å². The van der Waals surface area contributed by atoms with E-state index in [4.69, 9.17) is 11.6 Å². The van der Waals surface area contributed by atoms with E-state index in [0.717, 1.165) is 11.9 Å². The van der Waals surface area contributed by atoms with Crippen LogP contribution in [0.15, 0.2) is 29.8 Å². The van der Waals surface area contributed by atoms with Gasteiger partial charge in [-0.05, 0) is 37.6 Å². The first kappa shape index (κ1) is 16.5. The summed E-state index contributed by atoms with van der Waals surface area (Å²) >= 11 is 7.16. The Labute approximate surface area is 146 Å². The first-order chi connectivity index (χ1) is 11.4. The van der Waals surface area contributed by atoms with Gasteiger partial charge >= 0.3 is 0 Å². The molecule has 0 aliphatic heterocycles. The molecule has 3 rings (SSSR count). The Morgan fingerprint density at radius 1 is 1.21 bits per heavy atom. The third kappa shape index (κ3) is 3.58. The minimum atomic E-state index is -0.521. The molecular weight excluding hydrogens is 351 g/mol. The van der Waals surface area contributed by atoms with Gasteiger partial charge in [-0.1, -0.05) is 11.6 Å². The number of amides is 1. The second-order valence-electron chi connectivity index (χ2n) is 5.12. The summed E-state index contributed by atoms with van der Waals surface area (Å²) in [5.74, 6) is -0.929. The van der Waals surface area contributed by atoms with Gasteiger partial charge in [-0.15, -0.1) is 11.3 Å². The van der Waals surface area contributed by atoms with Crippen molar-refractivity contribution < 1.29 is 9.18 Å². The number of aryl methyl sites for hydroxylation is 2. The van der Waals surface area contributed by atoms with E-state index in [-0.39, 0.29) is 16.4 Å². The number of thiazole rings is 1. The number of pyridine rings is 2. The van der Waals surface area contributed by atoms with Crippen molar-refractivity contribution in [3.05, 3.63) is 57.8 Å². The predicted octanol–water partition coefficient (Wildman–Crippen LogP) is 4.26. The molecule has 0 atom stereocenters. The van der Waals surface area contributed by atoms with E-state index < -0.39 is 11.7 Å². The quantitative estimate of drug-likeness (QED) is 0.707. The molecule has 122 valence electrons. The first-order valence-electron chi connectivity index (χ1n) is 6.96. The Balaban J connectivity index is 1.96. The summed E-state index contributed by atoms with van der Waals surface area (Å²) in [6, 6.07) is 4.61. The van der Waals surface area contributed by atoms with E-state index >= 15 is 0 Å². The fraction of sp³-hybridized carbons (Fsp3) is 0.125. The zero-order valence-corrected chi connectivity index (χ0v) is 14.4. The Bertz CT molecular complexity index is 928. The molecule has 24 heavy (non-hydrogen) atoms. The van der Waals surface area contributed by atoms with Crippen LogP contribution in [0.1, 0.15) is 21.9 Å². The molecule has 0 aliphatic carbocycles. The summed E-state index contributed by atoms with van der Waals surface area (Å²) in [7, 11) is 0. The first-order valence-corrected chi connectivity index (χ1v) is 8.22. The summed E-state index contributed by atoms with van der Waals surface area (Å²) in [5, 5.41) is 5.18. The van der Waals surface area contributed by atoms with Crippen LogP contribution in [0.2, 0.25) is 5.15 Å². The van der Waals surface area contributed by atoms with Crippen LogP contribution in [0.4, 0.5) is 9.52 Å². The van der Waals surface area contributed by atoms with Gasteiger partial charge in [0.15, 0.2) is 5.13 Å². The molecule has 0 aromatic carbocycles. The number of halogens is 2. The Morgan fingerprint density at radius 3 is 2.71 bits per heavy atom. The number of hydrogen-bond acceptors (Lipinski definition) is 5. The van der Waals surface area contributed by atoms with Crippen LogP contribution in [0.5, 0.6) is 0 Å². The topological polar surface area (TPSA) is 67.8 Å². The van der Waals surface area contributed by atoms with E-state index in [0.29, 0.717) is 16.4 Å².